The molecule has 2 fully saturated rings. The normalized spacial score (nSPS) is 26.6. The van der Waals surface area contributed by atoms with E-state index in [1.807, 2.05) is 0 Å². The highest BCUT2D eigenvalue weighted by Gasteiger charge is 2.32. The van der Waals surface area contributed by atoms with Crippen LogP contribution in [0.25, 0.3) is 0 Å². The van der Waals surface area contributed by atoms with Gasteiger partial charge in [-0.15, -0.1) is 0 Å². The highest BCUT2D eigenvalue weighted by atomic mass is 16.5. The SMILES string of the molecule is C1COC(CCn2c(C3CC3)nc3c2CCNC3)C1. The number of hydrogen-bond donors (Lipinski definition) is 1. The number of ether oxygens (including phenoxy) is 1. The van der Waals surface area contributed by atoms with Gasteiger partial charge in [-0.3, -0.25) is 0 Å². The Balaban J connectivity index is 1.55. The largest absolute Gasteiger partial charge is 0.378 e. The van der Waals surface area contributed by atoms with Crippen LogP contribution in [0, 0.1) is 0 Å². The third-order valence-electron chi connectivity index (χ3n) is 4.66. The first-order chi connectivity index (χ1) is 9.42. The fourth-order valence-electron chi connectivity index (χ4n) is 3.44. The van der Waals surface area contributed by atoms with Crippen molar-refractivity contribution in [3.05, 3.63) is 17.2 Å². The van der Waals surface area contributed by atoms with Crippen LogP contribution < -0.4 is 5.32 Å². The second-order valence-corrected chi connectivity index (χ2v) is 6.14. The molecule has 4 nitrogen and oxygen atoms in total. The van der Waals surface area contributed by atoms with Gasteiger partial charge in [0.25, 0.3) is 0 Å². The van der Waals surface area contributed by atoms with Gasteiger partial charge in [-0.1, -0.05) is 0 Å². The summed E-state index contributed by atoms with van der Waals surface area (Å²) in [6.07, 6.45) is 7.96. The van der Waals surface area contributed by atoms with Crippen LogP contribution in [0.15, 0.2) is 0 Å². The fraction of sp³-hybridized carbons (Fsp3) is 0.800. The van der Waals surface area contributed by atoms with Crippen LogP contribution in [0.1, 0.15) is 55.2 Å². The molecular weight excluding hydrogens is 238 g/mol. The molecule has 1 unspecified atom stereocenters. The zero-order chi connectivity index (χ0) is 12.7. The summed E-state index contributed by atoms with van der Waals surface area (Å²) in [6.45, 7) is 4.13. The Morgan fingerprint density at radius 2 is 2.26 bits per heavy atom. The Kier molecular flexibility index (Phi) is 3.08. The average molecular weight is 261 g/mol. The Hall–Kier alpha value is -0.870. The molecule has 0 bridgehead atoms. The predicted octanol–water partition coefficient (Wildman–Crippen LogP) is 1.98. The summed E-state index contributed by atoms with van der Waals surface area (Å²) in [5.74, 6) is 2.11. The highest BCUT2D eigenvalue weighted by molar-refractivity contribution is 5.24. The maximum Gasteiger partial charge on any atom is 0.112 e. The van der Waals surface area contributed by atoms with Gasteiger partial charge in [0.2, 0.25) is 0 Å². The van der Waals surface area contributed by atoms with Crippen LogP contribution in [-0.4, -0.2) is 28.8 Å². The summed E-state index contributed by atoms with van der Waals surface area (Å²) in [6, 6.07) is 0. The summed E-state index contributed by atoms with van der Waals surface area (Å²) >= 11 is 0. The van der Waals surface area contributed by atoms with Crippen molar-refractivity contribution in [1.29, 1.82) is 0 Å². The third-order valence-corrected chi connectivity index (χ3v) is 4.66. The van der Waals surface area contributed by atoms with Gasteiger partial charge in [0.15, 0.2) is 0 Å². The number of fused-ring (bicyclic) bond motifs is 1. The molecule has 19 heavy (non-hydrogen) atoms. The second-order valence-electron chi connectivity index (χ2n) is 6.14. The first-order valence-corrected chi connectivity index (χ1v) is 7.82. The van der Waals surface area contributed by atoms with Crippen molar-refractivity contribution < 1.29 is 4.74 Å². The quantitative estimate of drug-likeness (QED) is 0.900. The maximum atomic E-state index is 5.77. The maximum absolute atomic E-state index is 5.77. The summed E-state index contributed by atoms with van der Waals surface area (Å²) in [4.78, 5) is 4.92. The molecule has 0 amide bonds. The molecule has 0 radical (unpaired) electrons. The van der Waals surface area contributed by atoms with Crippen LogP contribution in [0.4, 0.5) is 0 Å². The molecule has 3 aliphatic rings. The van der Waals surface area contributed by atoms with Crippen molar-refractivity contribution in [2.45, 2.75) is 63.6 Å². The topological polar surface area (TPSA) is 39.1 Å². The molecule has 1 saturated heterocycles. The molecule has 1 atom stereocenters. The second kappa shape index (κ2) is 4.91. The minimum absolute atomic E-state index is 0.492. The first-order valence-electron chi connectivity index (χ1n) is 7.82. The monoisotopic (exact) mass is 261 g/mol. The number of rotatable bonds is 4. The predicted molar refractivity (Wildman–Crippen MR) is 73.2 cm³/mol. The molecule has 3 heterocycles. The Bertz CT molecular complexity index is 458. The van der Waals surface area contributed by atoms with Gasteiger partial charge in [0, 0.05) is 44.3 Å². The minimum atomic E-state index is 0.492. The van der Waals surface area contributed by atoms with Crippen molar-refractivity contribution in [1.82, 2.24) is 14.9 Å². The summed E-state index contributed by atoms with van der Waals surface area (Å²) in [7, 11) is 0. The van der Waals surface area contributed by atoms with Crippen LogP contribution in [0.5, 0.6) is 0 Å². The summed E-state index contributed by atoms with van der Waals surface area (Å²) < 4.78 is 8.30. The fourth-order valence-corrected chi connectivity index (χ4v) is 3.44. The Morgan fingerprint density at radius 1 is 1.32 bits per heavy atom. The van der Waals surface area contributed by atoms with E-state index in [9.17, 15) is 0 Å². The van der Waals surface area contributed by atoms with Crippen molar-refractivity contribution in [3.8, 4) is 0 Å². The molecule has 4 rings (SSSR count). The van der Waals surface area contributed by atoms with Gasteiger partial charge in [-0.2, -0.15) is 0 Å². The molecule has 4 heteroatoms. The zero-order valence-electron chi connectivity index (χ0n) is 11.5. The molecule has 1 aromatic rings. The lowest BCUT2D eigenvalue weighted by Crippen LogP contribution is -2.25. The molecule has 0 aromatic carbocycles. The van der Waals surface area contributed by atoms with Gasteiger partial charge in [-0.25, -0.2) is 4.98 Å². The van der Waals surface area contributed by atoms with E-state index in [0.717, 1.165) is 45.0 Å². The van der Waals surface area contributed by atoms with Gasteiger partial charge in [0.05, 0.1) is 11.8 Å². The molecule has 0 spiro atoms. The van der Waals surface area contributed by atoms with Crippen molar-refractivity contribution in [3.63, 3.8) is 0 Å². The van der Waals surface area contributed by atoms with E-state index in [1.165, 1.54) is 42.9 Å². The van der Waals surface area contributed by atoms with Crippen LogP contribution >= 0.6 is 0 Å². The van der Waals surface area contributed by atoms with E-state index >= 15 is 0 Å². The standard InChI is InChI=1S/C15H23N3O/c1-2-12(19-9-1)6-8-18-14-5-7-16-10-13(14)17-15(18)11-3-4-11/h11-12,16H,1-10H2. The average Bonchev–Trinajstić information content (AvgIpc) is 3.02. The van der Waals surface area contributed by atoms with Crippen molar-refractivity contribution in [2.75, 3.05) is 13.2 Å². The lowest BCUT2D eigenvalue weighted by molar-refractivity contribution is 0.0999. The highest BCUT2D eigenvalue weighted by Crippen LogP contribution is 2.40. The smallest absolute Gasteiger partial charge is 0.112 e. The van der Waals surface area contributed by atoms with Crippen LogP contribution in [0.2, 0.25) is 0 Å². The molecule has 104 valence electrons. The van der Waals surface area contributed by atoms with Gasteiger partial charge >= 0.3 is 0 Å². The van der Waals surface area contributed by atoms with Gasteiger partial charge < -0.3 is 14.6 Å². The van der Waals surface area contributed by atoms with Gasteiger partial charge in [-0.05, 0) is 32.1 Å². The molecule has 1 aliphatic carbocycles. The van der Waals surface area contributed by atoms with E-state index in [2.05, 4.69) is 9.88 Å². The number of imidazole rings is 1. The first kappa shape index (κ1) is 11.9. The summed E-state index contributed by atoms with van der Waals surface area (Å²) in [5.41, 5.74) is 2.80. The van der Waals surface area contributed by atoms with Crippen LogP contribution in [-0.2, 0) is 24.2 Å². The molecule has 1 saturated carbocycles. The number of nitrogens with zero attached hydrogens (tertiary/aromatic N) is 2. The van der Waals surface area contributed by atoms with E-state index < -0.39 is 0 Å². The van der Waals surface area contributed by atoms with E-state index in [-0.39, 0.29) is 0 Å². The number of hydrogen-bond acceptors (Lipinski definition) is 3. The third kappa shape index (κ3) is 2.32. The molecule has 2 aliphatic heterocycles. The molecule has 1 N–H and O–H groups in total. The van der Waals surface area contributed by atoms with E-state index in [0.29, 0.717) is 6.10 Å². The Morgan fingerprint density at radius 3 is 3.05 bits per heavy atom. The Labute approximate surface area is 114 Å². The van der Waals surface area contributed by atoms with E-state index in [1.54, 1.807) is 0 Å². The number of nitrogens with one attached hydrogen (secondary N) is 1. The van der Waals surface area contributed by atoms with Crippen molar-refractivity contribution in [2.24, 2.45) is 0 Å². The van der Waals surface area contributed by atoms with Gasteiger partial charge in [0.1, 0.15) is 5.82 Å². The molecular formula is C15H23N3O. The van der Waals surface area contributed by atoms with Crippen LogP contribution in [0.3, 0.4) is 0 Å². The number of aromatic nitrogens is 2. The molecule has 1 aromatic heterocycles. The lowest BCUT2D eigenvalue weighted by atomic mass is 10.1. The minimum Gasteiger partial charge on any atom is -0.378 e. The van der Waals surface area contributed by atoms with E-state index in [4.69, 9.17) is 9.72 Å². The lowest BCUT2D eigenvalue weighted by Gasteiger charge is -2.17. The van der Waals surface area contributed by atoms with Crippen molar-refractivity contribution >= 4 is 0 Å². The zero-order valence-corrected chi connectivity index (χ0v) is 11.5. The summed E-state index contributed by atoms with van der Waals surface area (Å²) in [5, 5.41) is 3.44.